The van der Waals surface area contributed by atoms with E-state index in [2.05, 4.69) is 22.1 Å². The van der Waals surface area contributed by atoms with Crippen LogP contribution in [0.1, 0.15) is 31.7 Å². The minimum atomic E-state index is -0.265. The van der Waals surface area contributed by atoms with E-state index in [1.165, 1.54) is 6.20 Å². The molecule has 1 N–H and O–H groups in total. The van der Waals surface area contributed by atoms with E-state index in [0.29, 0.717) is 18.8 Å². The van der Waals surface area contributed by atoms with Gasteiger partial charge in [0.2, 0.25) is 0 Å². The Kier molecular flexibility index (Phi) is 4.17. The van der Waals surface area contributed by atoms with Crippen LogP contribution in [0.25, 0.3) is 0 Å². The molecule has 2 bridgehead atoms. The van der Waals surface area contributed by atoms with E-state index in [4.69, 9.17) is 4.74 Å². The second kappa shape index (κ2) is 6.06. The van der Waals surface area contributed by atoms with Gasteiger partial charge in [0.25, 0.3) is 0 Å². The Morgan fingerprint density at radius 3 is 2.85 bits per heavy atom. The van der Waals surface area contributed by atoms with Crippen LogP contribution in [0.4, 0.5) is 10.2 Å². The fraction of sp³-hybridized carbons (Fsp3) is 0.667. The van der Waals surface area contributed by atoms with Gasteiger partial charge in [-0.25, -0.2) is 9.37 Å². The zero-order chi connectivity index (χ0) is 13.9. The summed E-state index contributed by atoms with van der Waals surface area (Å²) in [6, 6.07) is 1.60. The molecular formula is C15H22FN3O. The monoisotopic (exact) mass is 279 g/mol. The first-order valence-electron chi connectivity index (χ1n) is 7.52. The number of pyridine rings is 1. The first-order valence-corrected chi connectivity index (χ1v) is 7.52. The first-order chi connectivity index (χ1) is 9.76. The van der Waals surface area contributed by atoms with Crippen molar-refractivity contribution in [2.75, 3.05) is 24.5 Å². The molecule has 110 valence electrons. The third kappa shape index (κ3) is 2.94. The van der Waals surface area contributed by atoms with E-state index in [1.807, 2.05) is 0 Å². The van der Waals surface area contributed by atoms with Crippen molar-refractivity contribution >= 4 is 5.82 Å². The number of nitrogens with zero attached hydrogens (tertiary/aromatic N) is 2. The SMILES string of the molecule is CCCNCc1cc(F)cnc1N1CC2CCC(C1)O2. The number of fused-ring (bicyclic) bond motifs is 2. The minimum absolute atomic E-state index is 0.265. The number of anilines is 1. The fourth-order valence-corrected chi connectivity index (χ4v) is 3.08. The maximum atomic E-state index is 13.5. The molecule has 2 fully saturated rings. The van der Waals surface area contributed by atoms with Gasteiger partial charge in [0, 0.05) is 25.2 Å². The molecule has 2 aliphatic heterocycles. The third-order valence-corrected chi connectivity index (χ3v) is 3.99. The quantitative estimate of drug-likeness (QED) is 0.838. The summed E-state index contributed by atoms with van der Waals surface area (Å²) in [6.45, 7) is 5.47. The second-order valence-corrected chi connectivity index (χ2v) is 5.68. The molecule has 1 aromatic heterocycles. The summed E-state index contributed by atoms with van der Waals surface area (Å²) in [5.74, 6) is 0.647. The van der Waals surface area contributed by atoms with E-state index in [9.17, 15) is 4.39 Å². The molecule has 0 aliphatic carbocycles. The van der Waals surface area contributed by atoms with Gasteiger partial charge in [0.05, 0.1) is 18.4 Å². The smallest absolute Gasteiger partial charge is 0.141 e. The average molecular weight is 279 g/mol. The van der Waals surface area contributed by atoms with Crippen molar-refractivity contribution in [2.24, 2.45) is 0 Å². The van der Waals surface area contributed by atoms with Crippen molar-refractivity contribution in [3.8, 4) is 0 Å². The maximum Gasteiger partial charge on any atom is 0.141 e. The van der Waals surface area contributed by atoms with Crippen molar-refractivity contribution in [1.29, 1.82) is 0 Å². The van der Waals surface area contributed by atoms with Gasteiger partial charge >= 0.3 is 0 Å². The molecule has 0 aromatic carbocycles. The van der Waals surface area contributed by atoms with E-state index in [-0.39, 0.29) is 5.82 Å². The van der Waals surface area contributed by atoms with Crippen LogP contribution in [0.2, 0.25) is 0 Å². The normalized spacial score (nSPS) is 25.2. The second-order valence-electron chi connectivity index (χ2n) is 5.68. The molecule has 0 radical (unpaired) electrons. The molecule has 0 spiro atoms. The summed E-state index contributed by atoms with van der Waals surface area (Å²) in [5.41, 5.74) is 0.944. The van der Waals surface area contributed by atoms with Gasteiger partial charge in [-0.15, -0.1) is 0 Å². The average Bonchev–Trinajstić information content (AvgIpc) is 2.78. The molecule has 4 nitrogen and oxygen atoms in total. The van der Waals surface area contributed by atoms with Crippen LogP contribution in [0.3, 0.4) is 0 Å². The third-order valence-electron chi connectivity index (χ3n) is 3.99. The van der Waals surface area contributed by atoms with Gasteiger partial charge in [-0.05, 0) is 31.9 Å². The number of aromatic nitrogens is 1. The molecule has 3 rings (SSSR count). The summed E-state index contributed by atoms with van der Waals surface area (Å²) in [5, 5.41) is 3.33. The van der Waals surface area contributed by atoms with Gasteiger partial charge in [0.1, 0.15) is 11.6 Å². The summed E-state index contributed by atoms with van der Waals surface area (Å²) in [6.07, 6.45) is 5.28. The van der Waals surface area contributed by atoms with Gasteiger partial charge in [0.15, 0.2) is 0 Å². The van der Waals surface area contributed by atoms with Crippen LogP contribution in [0.5, 0.6) is 0 Å². The molecule has 2 atom stereocenters. The molecule has 2 unspecified atom stereocenters. The highest BCUT2D eigenvalue weighted by Crippen LogP contribution is 2.30. The standard InChI is InChI=1S/C15H22FN3O/c1-2-5-17-7-11-6-12(16)8-18-15(11)19-9-13-3-4-14(10-19)20-13/h6,8,13-14,17H,2-5,7,9-10H2,1H3. The van der Waals surface area contributed by atoms with Crippen molar-refractivity contribution in [3.05, 3.63) is 23.6 Å². The Balaban J connectivity index is 1.77. The molecule has 3 heterocycles. The summed E-state index contributed by atoms with van der Waals surface area (Å²) in [7, 11) is 0. The van der Waals surface area contributed by atoms with E-state index in [1.54, 1.807) is 6.07 Å². The molecule has 2 saturated heterocycles. The Morgan fingerprint density at radius 2 is 2.15 bits per heavy atom. The zero-order valence-electron chi connectivity index (χ0n) is 11.9. The van der Waals surface area contributed by atoms with Gasteiger partial charge in [-0.1, -0.05) is 6.92 Å². The lowest BCUT2D eigenvalue weighted by atomic mass is 10.2. The van der Waals surface area contributed by atoms with Crippen LogP contribution >= 0.6 is 0 Å². The van der Waals surface area contributed by atoms with Crippen molar-refractivity contribution in [2.45, 2.75) is 44.9 Å². The van der Waals surface area contributed by atoms with E-state index < -0.39 is 0 Å². The minimum Gasteiger partial charge on any atom is -0.371 e. The lowest BCUT2D eigenvalue weighted by Crippen LogP contribution is -2.43. The zero-order valence-corrected chi connectivity index (χ0v) is 11.9. The van der Waals surface area contributed by atoms with Crippen molar-refractivity contribution in [3.63, 3.8) is 0 Å². The lowest BCUT2D eigenvalue weighted by Gasteiger charge is -2.34. The predicted octanol–water partition coefficient (Wildman–Crippen LogP) is 2.09. The first kappa shape index (κ1) is 13.8. The highest BCUT2D eigenvalue weighted by Gasteiger charge is 2.34. The summed E-state index contributed by atoms with van der Waals surface area (Å²) < 4.78 is 19.3. The van der Waals surface area contributed by atoms with Crippen LogP contribution in [-0.2, 0) is 11.3 Å². The van der Waals surface area contributed by atoms with Crippen LogP contribution in [0.15, 0.2) is 12.3 Å². The van der Waals surface area contributed by atoms with Gasteiger partial charge < -0.3 is 15.0 Å². The van der Waals surface area contributed by atoms with Crippen LogP contribution in [0, 0.1) is 5.82 Å². The number of rotatable bonds is 5. The van der Waals surface area contributed by atoms with Gasteiger partial charge in [-0.2, -0.15) is 0 Å². The molecule has 0 saturated carbocycles. The highest BCUT2D eigenvalue weighted by atomic mass is 19.1. The molecule has 0 amide bonds. The number of ether oxygens (including phenoxy) is 1. The predicted molar refractivity (Wildman–Crippen MR) is 76.3 cm³/mol. The molecule has 5 heteroatoms. The summed E-state index contributed by atoms with van der Waals surface area (Å²) >= 11 is 0. The Bertz CT molecular complexity index is 456. The van der Waals surface area contributed by atoms with Crippen LogP contribution < -0.4 is 10.2 Å². The number of hydrogen-bond donors (Lipinski definition) is 1. The number of hydrogen-bond acceptors (Lipinski definition) is 4. The van der Waals surface area contributed by atoms with Gasteiger partial charge in [-0.3, -0.25) is 0 Å². The molecular weight excluding hydrogens is 257 g/mol. The topological polar surface area (TPSA) is 37.4 Å². The Morgan fingerprint density at radius 1 is 1.40 bits per heavy atom. The van der Waals surface area contributed by atoms with Crippen molar-refractivity contribution < 1.29 is 9.13 Å². The Hall–Kier alpha value is -1.20. The number of morpholine rings is 1. The largest absolute Gasteiger partial charge is 0.371 e. The number of nitrogens with one attached hydrogen (secondary N) is 1. The van der Waals surface area contributed by atoms with Crippen LogP contribution in [-0.4, -0.2) is 36.8 Å². The number of halogens is 1. The van der Waals surface area contributed by atoms with E-state index >= 15 is 0 Å². The fourth-order valence-electron chi connectivity index (χ4n) is 3.08. The Labute approximate surface area is 119 Å². The highest BCUT2D eigenvalue weighted by molar-refractivity contribution is 5.48. The lowest BCUT2D eigenvalue weighted by molar-refractivity contribution is 0.0301. The van der Waals surface area contributed by atoms with E-state index in [0.717, 1.165) is 50.3 Å². The molecule has 2 aliphatic rings. The molecule has 1 aromatic rings. The van der Waals surface area contributed by atoms with Crippen molar-refractivity contribution in [1.82, 2.24) is 10.3 Å². The molecule has 20 heavy (non-hydrogen) atoms. The maximum absolute atomic E-state index is 13.5. The summed E-state index contributed by atoms with van der Waals surface area (Å²) in [4.78, 5) is 6.59.